The molecule has 0 fully saturated rings. The van der Waals surface area contributed by atoms with Gasteiger partial charge in [-0.2, -0.15) is 0 Å². The molecule has 2 heterocycles. The van der Waals surface area contributed by atoms with Gasteiger partial charge in [0.2, 0.25) is 0 Å². The molecule has 0 saturated heterocycles. The first-order chi connectivity index (χ1) is 18.3. The van der Waals surface area contributed by atoms with E-state index < -0.39 is 24.3 Å². The smallest absolute Gasteiger partial charge is 0.344 e. The van der Waals surface area contributed by atoms with Gasteiger partial charge in [-0.15, -0.1) is 0 Å². The average molecular weight is 513 g/mol. The number of carbonyl (C=O) groups excluding carboxylic acids is 4. The number of fused-ring (bicyclic) bond motifs is 1. The van der Waals surface area contributed by atoms with Gasteiger partial charge >= 0.3 is 5.97 Å². The van der Waals surface area contributed by atoms with Gasteiger partial charge in [0, 0.05) is 18.3 Å². The van der Waals surface area contributed by atoms with Crippen LogP contribution in [0.15, 0.2) is 72.9 Å². The van der Waals surface area contributed by atoms with Crippen molar-refractivity contribution in [1.82, 2.24) is 4.40 Å². The third-order valence-electron chi connectivity index (χ3n) is 6.18. The molecular weight excluding hydrogens is 484 g/mol. The van der Waals surface area contributed by atoms with Gasteiger partial charge in [0.05, 0.1) is 11.1 Å². The topological polar surface area (TPSA) is 117 Å². The summed E-state index contributed by atoms with van der Waals surface area (Å²) in [5.41, 5.74) is 10.6. The Hall–Kier alpha value is -4.72. The third-order valence-corrected chi connectivity index (χ3v) is 6.18. The van der Waals surface area contributed by atoms with Crippen molar-refractivity contribution in [2.75, 3.05) is 13.2 Å². The first kappa shape index (κ1) is 26.3. The van der Waals surface area contributed by atoms with Crippen molar-refractivity contribution in [2.45, 2.75) is 26.7 Å². The fourth-order valence-electron chi connectivity index (χ4n) is 4.56. The van der Waals surface area contributed by atoms with E-state index in [9.17, 15) is 19.2 Å². The fourth-order valence-corrected chi connectivity index (χ4v) is 4.56. The number of ether oxygens (including phenoxy) is 2. The van der Waals surface area contributed by atoms with Crippen LogP contribution in [0.4, 0.5) is 0 Å². The van der Waals surface area contributed by atoms with E-state index in [1.165, 1.54) is 6.92 Å². The minimum Gasteiger partial charge on any atom is -0.480 e. The van der Waals surface area contributed by atoms with E-state index >= 15 is 0 Å². The number of ketones is 2. The number of hydrogen-bond acceptors (Lipinski definition) is 6. The summed E-state index contributed by atoms with van der Waals surface area (Å²) in [6, 6.07) is 21.3. The number of aromatic nitrogens is 1. The lowest BCUT2D eigenvalue weighted by molar-refractivity contribution is -0.149. The zero-order valence-corrected chi connectivity index (χ0v) is 21.2. The molecule has 0 aliphatic rings. The molecule has 2 aromatic carbocycles. The Kier molecular flexibility index (Phi) is 8.01. The normalized spacial score (nSPS) is 10.8. The Labute approximate surface area is 220 Å². The second-order valence-corrected chi connectivity index (χ2v) is 8.79. The molecule has 0 bridgehead atoms. The predicted octanol–water partition coefficient (Wildman–Crippen LogP) is 3.94. The van der Waals surface area contributed by atoms with Crippen molar-refractivity contribution in [3.8, 4) is 16.9 Å². The van der Waals surface area contributed by atoms with Crippen LogP contribution in [0, 0.1) is 0 Å². The van der Waals surface area contributed by atoms with Crippen molar-refractivity contribution < 1.29 is 28.7 Å². The summed E-state index contributed by atoms with van der Waals surface area (Å²) in [7, 11) is 0. The Bertz CT molecular complexity index is 1520. The number of rotatable bonds is 11. The summed E-state index contributed by atoms with van der Waals surface area (Å²) < 4.78 is 12.4. The Balaban J connectivity index is 1.83. The largest absolute Gasteiger partial charge is 0.480 e. The molecule has 2 aromatic heterocycles. The molecule has 38 heavy (non-hydrogen) atoms. The van der Waals surface area contributed by atoms with Crippen molar-refractivity contribution >= 4 is 29.0 Å². The monoisotopic (exact) mass is 512 g/mol. The van der Waals surface area contributed by atoms with Gasteiger partial charge in [0.25, 0.3) is 11.7 Å². The van der Waals surface area contributed by atoms with E-state index in [1.54, 1.807) is 18.3 Å². The number of benzene rings is 2. The summed E-state index contributed by atoms with van der Waals surface area (Å²) in [5, 5.41) is 0. The van der Waals surface area contributed by atoms with Crippen LogP contribution in [0.1, 0.15) is 41.0 Å². The molecule has 8 heteroatoms. The van der Waals surface area contributed by atoms with Crippen LogP contribution >= 0.6 is 0 Å². The van der Waals surface area contributed by atoms with Gasteiger partial charge in [-0.1, -0.05) is 61.5 Å². The highest BCUT2D eigenvalue weighted by molar-refractivity contribution is 6.44. The van der Waals surface area contributed by atoms with E-state index in [0.29, 0.717) is 23.9 Å². The van der Waals surface area contributed by atoms with Crippen LogP contribution < -0.4 is 10.5 Å². The standard InChI is InChI=1S/C30H28N2O6/c1-3-22-24(16-21-12-7-8-13-23(21)20-10-5-4-6-11-20)32-15-9-14-25(28(32)27(22)29(35)30(31)36)37-18-26(34)38-17-19(2)33/h4-15H,3,16-18H2,1-2H3,(H2,31,36). The van der Waals surface area contributed by atoms with Crippen LogP contribution in [0.2, 0.25) is 0 Å². The Morgan fingerprint density at radius 3 is 2.29 bits per heavy atom. The molecule has 4 aromatic rings. The van der Waals surface area contributed by atoms with Crippen LogP contribution in [0.25, 0.3) is 16.6 Å². The molecule has 0 saturated carbocycles. The van der Waals surface area contributed by atoms with Gasteiger partial charge < -0.3 is 19.6 Å². The first-order valence-electron chi connectivity index (χ1n) is 12.2. The molecule has 1 amide bonds. The predicted molar refractivity (Wildman–Crippen MR) is 142 cm³/mol. The summed E-state index contributed by atoms with van der Waals surface area (Å²) in [5.74, 6) is -2.73. The lowest BCUT2D eigenvalue weighted by Crippen LogP contribution is -2.24. The van der Waals surface area contributed by atoms with E-state index in [1.807, 2.05) is 65.9 Å². The number of esters is 1. The Morgan fingerprint density at radius 1 is 0.895 bits per heavy atom. The average Bonchev–Trinajstić information content (AvgIpc) is 3.24. The number of amides is 1. The summed E-state index contributed by atoms with van der Waals surface area (Å²) in [6.07, 6.45) is 2.71. The van der Waals surface area contributed by atoms with Gasteiger partial charge in [0.15, 0.2) is 12.4 Å². The highest BCUT2D eigenvalue weighted by Gasteiger charge is 2.28. The van der Waals surface area contributed by atoms with Crippen molar-refractivity contribution in [3.05, 3.63) is 95.3 Å². The number of primary amides is 1. The van der Waals surface area contributed by atoms with Gasteiger partial charge in [-0.3, -0.25) is 14.4 Å². The second kappa shape index (κ2) is 11.6. The molecule has 0 aliphatic heterocycles. The van der Waals surface area contributed by atoms with Crippen molar-refractivity contribution in [1.29, 1.82) is 0 Å². The molecule has 8 nitrogen and oxygen atoms in total. The zero-order chi connectivity index (χ0) is 27.2. The molecule has 0 atom stereocenters. The van der Waals surface area contributed by atoms with E-state index in [4.69, 9.17) is 15.2 Å². The van der Waals surface area contributed by atoms with E-state index in [-0.39, 0.29) is 23.7 Å². The number of hydrogen-bond donors (Lipinski definition) is 1. The fraction of sp³-hybridized carbons (Fsp3) is 0.200. The lowest BCUT2D eigenvalue weighted by atomic mass is 9.94. The number of carbonyl (C=O) groups is 4. The van der Waals surface area contributed by atoms with Gasteiger partial charge in [-0.25, -0.2) is 4.79 Å². The number of nitrogens with zero attached hydrogens (tertiary/aromatic N) is 1. The molecule has 0 spiro atoms. The number of pyridine rings is 1. The van der Waals surface area contributed by atoms with Crippen molar-refractivity contribution in [3.63, 3.8) is 0 Å². The number of Topliss-reactive ketones (excluding diaryl/α,β-unsaturated/α-hetero) is 2. The Morgan fingerprint density at radius 2 is 1.61 bits per heavy atom. The van der Waals surface area contributed by atoms with Crippen LogP contribution in [0.5, 0.6) is 5.75 Å². The minimum atomic E-state index is -1.08. The first-order valence-corrected chi connectivity index (χ1v) is 12.2. The highest BCUT2D eigenvalue weighted by atomic mass is 16.6. The van der Waals surface area contributed by atoms with E-state index in [0.717, 1.165) is 22.4 Å². The second-order valence-electron chi connectivity index (χ2n) is 8.79. The maximum atomic E-state index is 13.1. The summed E-state index contributed by atoms with van der Waals surface area (Å²) in [4.78, 5) is 48.3. The summed E-state index contributed by atoms with van der Waals surface area (Å²) >= 11 is 0. The molecule has 0 radical (unpaired) electrons. The third kappa shape index (κ3) is 5.49. The molecule has 0 unspecified atom stereocenters. The van der Waals surface area contributed by atoms with Gasteiger partial charge in [0.1, 0.15) is 12.4 Å². The van der Waals surface area contributed by atoms with Crippen LogP contribution in [0.3, 0.4) is 0 Å². The SMILES string of the molecule is CCc1c(C(=O)C(N)=O)c2c(OCC(=O)OCC(C)=O)cccn2c1Cc1ccccc1-c1ccccc1. The molecule has 4 rings (SSSR count). The molecular formula is C30H28N2O6. The maximum Gasteiger partial charge on any atom is 0.344 e. The highest BCUT2D eigenvalue weighted by Crippen LogP contribution is 2.35. The van der Waals surface area contributed by atoms with Crippen LogP contribution in [-0.4, -0.2) is 41.1 Å². The summed E-state index contributed by atoms with van der Waals surface area (Å²) in [6.45, 7) is 2.38. The molecule has 0 aliphatic carbocycles. The zero-order valence-electron chi connectivity index (χ0n) is 21.2. The van der Waals surface area contributed by atoms with Crippen molar-refractivity contribution in [2.24, 2.45) is 5.73 Å². The van der Waals surface area contributed by atoms with Crippen LogP contribution in [-0.2, 0) is 32.0 Å². The molecule has 2 N–H and O–H groups in total. The maximum absolute atomic E-state index is 13.1. The quantitative estimate of drug-likeness (QED) is 0.185. The molecule has 194 valence electrons. The minimum absolute atomic E-state index is 0.153. The van der Waals surface area contributed by atoms with E-state index in [2.05, 4.69) is 0 Å². The van der Waals surface area contributed by atoms with Gasteiger partial charge in [-0.05, 0) is 47.7 Å². The number of nitrogens with two attached hydrogens (primary N) is 1. The lowest BCUT2D eigenvalue weighted by Gasteiger charge is -2.12.